The Morgan fingerprint density at radius 2 is 1.07 bits per heavy atom. The number of aryl methyl sites for hydroxylation is 4. The Kier molecular flexibility index (Phi) is 44.7. The number of thioether (sulfide) groups is 2. The van der Waals surface area contributed by atoms with Crippen LogP contribution in [0.3, 0.4) is 0 Å². The molecule has 0 aliphatic carbocycles. The maximum atomic E-state index is 11.6. The zero-order chi connectivity index (χ0) is 119. The van der Waals surface area contributed by atoms with E-state index in [4.69, 9.17) is 19.7 Å². The summed E-state index contributed by atoms with van der Waals surface area (Å²) in [5.74, 6) is -1.69. The number of rotatable bonds is 2. The summed E-state index contributed by atoms with van der Waals surface area (Å²) in [6.07, 6.45) is 6.30. The van der Waals surface area contributed by atoms with E-state index in [2.05, 4.69) is 92.7 Å². The number of aliphatic hydroxyl groups is 2. The number of cyclic esters (lactones) is 2. The number of esters is 1. The monoisotopic (exact) mass is 2190 g/mol. The van der Waals surface area contributed by atoms with Gasteiger partial charge in [-0.05, 0) is 157 Å². The Morgan fingerprint density at radius 1 is 0.567 bits per heavy atom. The molecule has 0 spiro atoms. The van der Waals surface area contributed by atoms with Crippen molar-refractivity contribution in [2.75, 3.05) is 13.6 Å². The molecule has 846 valence electrons. The van der Waals surface area contributed by atoms with Crippen LogP contribution >= 0.6 is 23.5 Å². The lowest BCUT2D eigenvalue weighted by molar-refractivity contribution is -0.146. The van der Waals surface area contributed by atoms with Crippen molar-refractivity contribution in [3.05, 3.63) is 151 Å². The van der Waals surface area contributed by atoms with Crippen LogP contribution in [0.1, 0.15) is 353 Å². The third-order valence-electron chi connectivity index (χ3n) is 22.0. The number of hydrogen-bond acceptors (Lipinski definition) is 35. The predicted molar refractivity (Wildman–Crippen MR) is 573 cm³/mol. The number of imide groups is 2. The quantitative estimate of drug-likeness (QED) is 0.0145. The number of carbonyl (C=O) groups excluding carboxylic acids is 9. The van der Waals surface area contributed by atoms with Crippen molar-refractivity contribution in [3.63, 3.8) is 0 Å². The summed E-state index contributed by atoms with van der Waals surface area (Å²) in [5, 5.41) is 86.9. The normalized spacial score (nSPS) is 18.1. The second-order valence-electron chi connectivity index (χ2n) is 50.2. The minimum Gasteiger partial charge on any atom is -0.515 e. The van der Waals surface area contributed by atoms with Gasteiger partial charge in [-0.1, -0.05) is 236 Å². The molecule has 2 aromatic carbocycles. The topological polar surface area (TPSA) is 634 Å². The standard InChI is InChI=1S/C10H16O3.C10H14O2.C9H13NO3.C8H16N2O3S.3C8H14N2O.C8H10O3.C7H13N3O.C7H11NO3.C7H11NO2S.C6H11N3S.C5H10N2O3S/c1-9(2,3)6-7(11)10(4,5)13-8(6)12;1-6-7(5-10(2,3)4)9(12)8(6)11;1-9(2,3)10-4-7(12)6(5-11)8(10)13;1-7(2,3)10-8(4,5)6(11)9-14(10,12)13;1-6-7(8(2,3)4)10(11)5-9-6;1-6-5-9-7(10(6)11)8(2,3)4;1-6-5-9-10(11)7(6)8(2,3)4;1-8(2,3)4-5(9)7(11)6(4)10;1-5-6(7(2,3)4)10(11)9-8-5;2*1-7(2,3)4-5(9)8-6(10)11-4;1-6(2,3)10-5-7-4-8-9-5;1-5(2)7(3)4(8)6-11(5,9)10/h11H,1-5H3;5H2,1-4H3;5,11H,4H2,1-3H3;1-5H3,(H,9,11);3*5,11H,1-4H3;9H,1-3H3;11H,1-4H3;2*4H,1-3H3,(H,8,9,10);4H,1-3H3,(H,7,8,9);1-3H3,(H,6,8)/b;;6-5-;;;;;;;;;;. The number of alkyl carbamates (subject to hydrolysis) is 1. The molecule has 2 unspecified atom stereocenters. The number of aromatic amines is 1. The van der Waals surface area contributed by atoms with Crippen molar-refractivity contribution in [1.82, 2.24) is 93.9 Å². The van der Waals surface area contributed by atoms with Gasteiger partial charge in [0.05, 0.1) is 70.1 Å². The van der Waals surface area contributed by atoms with Gasteiger partial charge < -0.3 is 55.4 Å². The third kappa shape index (κ3) is 37.6. The number of ether oxygens (including phenoxy) is 2. The molecular formula is C101H167N19O26S4. The van der Waals surface area contributed by atoms with E-state index < -0.39 is 88.2 Å². The van der Waals surface area contributed by atoms with Gasteiger partial charge in [0.25, 0.3) is 38.4 Å². The molecule has 0 radical (unpaired) electrons. The van der Waals surface area contributed by atoms with E-state index in [1.165, 1.54) is 42.8 Å². The molecule has 0 bridgehead atoms. The Bertz CT molecular complexity index is 6170. The summed E-state index contributed by atoms with van der Waals surface area (Å²) in [7, 11) is -5.72. The highest BCUT2D eigenvalue weighted by atomic mass is 32.2. The second kappa shape index (κ2) is 49.3. The van der Waals surface area contributed by atoms with Crippen LogP contribution in [0.2, 0.25) is 0 Å². The number of sulfonamides is 1. The van der Waals surface area contributed by atoms with Crippen LogP contribution in [-0.4, -0.2) is 236 Å². The Labute approximate surface area is 890 Å². The highest BCUT2D eigenvalue weighted by Gasteiger charge is 2.56. The van der Waals surface area contributed by atoms with Crippen molar-refractivity contribution in [3.8, 4) is 5.75 Å². The molecule has 8 amide bonds. The van der Waals surface area contributed by atoms with Crippen molar-refractivity contribution < 1.29 is 106 Å². The zero-order valence-electron chi connectivity index (χ0n) is 96.7. The first-order chi connectivity index (χ1) is 66.6. The van der Waals surface area contributed by atoms with Crippen LogP contribution in [0.25, 0.3) is 0 Å². The molecule has 5 saturated heterocycles. The highest BCUT2D eigenvalue weighted by molar-refractivity contribution is 8.15. The minimum absolute atomic E-state index is 0.0463. The van der Waals surface area contributed by atoms with E-state index in [0.29, 0.717) is 29.6 Å². The molecule has 2 atom stereocenters. The van der Waals surface area contributed by atoms with E-state index in [-0.39, 0.29) is 128 Å². The summed E-state index contributed by atoms with van der Waals surface area (Å²) < 4.78 is 62.8. The molecule has 6 aliphatic rings. The average Bonchev–Trinajstić information content (AvgIpc) is 1.58. The van der Waals surface area contributed by atoms with Crippen LogP contribution in [0, 0.1) is 56.3 Å². The van der Waals surface area contributed by atoms with Crippen LogP contribution in [-0.2, 0) is 92.0 Å². The number of amides is 8. The number of nitrogens with zero attached hydrogens (tertiary/aromatic N) is 14. The van der Waals surface area contributed by atoms with Gasteiger partial charge in [-0.3, -0.25) is 63.7 Å². The number of H-pyrrole nitrogens is 1. The van der Waals surface area contributed by atoms with Crippen molar-refractivity contribution in [1.29, 1.82) is 0 Å². The highest BCUT2D eigenvalue weighted by Crippen LogP contribution is 2.41. The van der Waals surface area contributed by atoms with Crippen LogP contribution < -0.4 is 41.8 Å². The molecule has 0 saturated carbocycles. The first-order valence-corrected chi connectivity index (χ1v) is 52.5. The molecule has 6 aliphatic heterocycles. The van der Waals surface area contributed by atoms with E-state index in [1.54, 1.807) is 100 Å². The lowest BCUT2D eigenvalue weighted by Gasteiger charge is -2.36. The maximum absolute atomic E-state index is 11.6. The number of urea groups is 1. The third-order valence-corrected chi connectivity index (χ3v) is 28.4. The molecule has 49 heteroatoms. The lowest BCUT2D eigenvalue weighted by Crippen LogP contribution is -2.54. The van der Waals surface area contributed by atoms with Gasteiger partial charge in [0.2, 0.25) is 22.2 Å². The maximum Gasteiger partial charge on any atom is 0.414 e. The molecule has 7 aromatic rings. The van der Waals surface area contributed by atoms with E-state index in [9.17, 15) is 105 Å². The second-order valence-corrected chi connectivity index (χ2v) is 56.8. The number of aromatic hydroxyl groups is 1. The number of aromatic nitrogens is 12. The lowest BCUT2D eigenvalue weighted by atomic mass is 9.83. The number of Topliss-reactive ketones (excluding diaryl/α,β-unsaturated/α-hetero) is 1. The number of aliphatic hydroxyl groups excluding tert-OH is 2. The smallest absolute Gasteiger partial charge is 0.414 e. The van der Waals surface area contributed by atoms with Crippen LogP contribution in [0.4, 0.5) is 14.4 Å². The van der Waals surface area contributed by atoms with Gasteiger partial charge in [0, 0.05) is 61.1 Å². The van der Waals surface area contributed by atoms with Crippen molar-refractivity contribution in [2.45, 2.75) is 407 Å². The fourth-order valence-electron chi connectivity index (χ4n) is 14.7. The molecule has 13 rings (SSSR count). The molecule has 11 heterocycles. The number of nitrogens with one attached hydrogen (secondary N) is 5. The molecule has 45 nitrogen and oxygen atoms in total. The molecule has 5 aromatic heterocycles. The largest absolute Gasteiger partial charge is 0.515 e. The number of likely N-dealkylation sites (tertiary alicyclic amines) is 1. The Balaban J connectivity index is 0.000000813. The SMILES string of the molecule is CC(C)(C)C1=C(O)C(C)(C)OC1=O.CC(C)(C)C1OC(=O)NC1=O.CC(C)(C)C1SC(=O)NC1=O.CC(C)(C)N1C(C)(C)C(=O)NS1(=O)=O.CC(C)(C)N1CC(=O)/C(=C/O)C1=O.CC(C)(C)Sc1ncn[nH]1.CC(C)(C)c1c(O)c(=O)c1=O.CN1C(=O)NS(=O)(=O)C1(C)C.Cc1c(CC(C)(C)C)c(=O)c1=O.Cc1cnc(C(C)(C)C)n1O.Cc1cnn(O)c1C(C)(C)C.Cc1ncn(O)c1C(C)(C)C.Cc1nnn(O)c1C(C)(C)C. The fourth-order valence-corrected chi connectivity index (χ4v) is 19.5. The summed E-state index contributed by atoms with van der Waals surface area (Å²) in [5.41, 5.74) is 1.70. The van der Waals surface area contributed by atoms with Crippen LogP contribution in [0.15, 0.2) is 72.6 Å². The molecule has 150 heavy (non-hydrogen) atoms. The zero-order valence-corrected chi connectivity index (χ0v) is 100. The Hall–Kier alpha value is -11.9. The fraction of sp³-hybridized carbons (Fsp3) is 0.663. The van der Waals surface area contributed by atoms with Gasteiger partial charge in [0.15, 0.2) is 33.3 Å². The Morgan fingerprint density at radius 3 is 1.27 bits per heavy atom. The van der Waals surface area contributed by atoms with Gasteiger partial charge in [0.1, 0.15) is 41.0 Å². The van der Waals surface area contributed by atoms with Gasteiger partial charge >= 0.3 is 28.3 Å². The first kappa shape index (κ1) is 136. The van der Waals surface area contributed by atoms with Gasteiger partial charge in [-0.2, -0.15) is 27.3 Å². The summed E-state index contributed by atoms with van der Waals surface area (Å²) in [4.78, 5) is 158. The van der Waals surface area contributed by atoms with Crippen molar-refractivity contribution in [2.24, 2.45) is 21.7 Å². The molecular weight excluding hydrogens is 2020 g/mol. The summed E-state index contributed by atoms with van der Waals surface area (Å²) in [6, 6.07) is -0.574. The number of ketones is 1. The minimum atomic E-state index is -3.67. The van der Waals surface area contributed by atoms with E-state index in [1.807, 2.05) is 203 Å². The van der Waals surface area contributed by atoms with Gasteiger partial charge in [-0.15, -0.1) is 15.0 Å². The van der Waals surface area contributed by atoms with E-state index >= 15 is 0 Å². The van der Waals surface area contributed by atoms with Gasteiger partial charge in [-0.25, -0.2) is 47.2 Å². The van der Waals surface area contributed by atoms with Crippen LogP contribution in [0.5, 0.6) is 5.75 Å². The number of hydrogen-bond donors (Lipinski definition) is 12. The average molecular weight is 2190 g/mol. The van der Waals surface area contributed by atoms with E-state index in [0.717, 1.165) is 86.3 Å². The number of imidazole rings is 2. The summed E-state index contributed by atoms with van der Waals surface area (Å²) >= 11 is 2.76. The van der Waals surface area contributed by atoms with Crippen molar-refractivity contribution >= 4 is 96.5 Å². The first-order valence-electron chi connectivity index (χ1n) is 47.9. The predicted octanol–water partition coefficient (Wildman–Crippen LogP) is 14.3. The molecule has 12 N–H and O–H groups in total. The number of carbonyl (C=O) groups is 9. The summed E-state index contributed by atoms with van der Waals surface area (Å²) in [6.45, 7) is 88.9. The molecule has 5 fully saturated rings.